The zero-order valence-electron chi connectivity index (χ0n) is 14.6. The summed E-state index contributed by atoms with van der Waals surface area (Å²) >= 11 is 0. The van der Waals surface area contributed by atoms with Crippen molar-refractivity contribution in [1.82, 2.24) is 5.32 Å². The lowest BCUT2D eigenvalue weighted by atomic mass is 9.99. The van der Waals surface area contributed by atoms with E-state index in [1.165, 1.54) is 5.56 Å². The van der Waals surface area contributed by atoms with Crippen LogP contribution >= 0.6 is 0 Å². The maximum atomic E-state index is 12.4. The van der Waals surface area contributed by atoms with Gasteiger partial charge >= 0.3 is 5.97 Å². The van der Waals surface area contributed by atoms with Gasteiger partial charge in [-0.05, 0) is 37.0 Å². The van der Waals surface area contributed by atoms with Gasteiger partial charge in [0, 0.05) is 12.0 Å². The van der Waals surface area contributed by atoms with E-state index in [9.17, 15) is 14.4 Å². The van der Waals surface area contributed by atoms with E-state index in [-0.39, 0.29) is 24.5 Å². The molecule has 0 saturated heterocycles. The topological polar surface area (TPSA) is 83.5 Å². The van der Waals surface area contributed by atoms with Crippen molar-refractivity contribution in [3.63, 3.8) is 0 Å². The molecule has 0 aliphatic rings. The Kier molecular flexibility index (Phi) is 7.55. The summed E-state index contributed by atoms with van der Waals surface area (Å²) in [5.74, 6) is -1.58. The molecule has 0 unspecified atom stereocenters. The number of Topliss-reactive ketones (excluding diaryl/α,β-unsaturated/α-hetero) is 1. The van der Waals surface area contributed by atoms with Crippen LogP contribution in [0.1, 0.15) is 41.6 Å². The average Bonchev–Trinajstić information content (AvgIpc) is 2.66. The first-order chi connectivity index (χ1) is 12.6. The van der Waals surface area contributed by atoms with E-state index in [0.29, 0.717) is 12.0 Å². The van der Waals surface area contributed by atoms with Crippen molar-refractivity contribution in [2.75, 3.05) is 0 Å². The second kappa shape index (κ2) is 10.1. The Balaban J connectivity index is 1.97. The molecule has 0 aromatic heterocycles. The van der Waals surface area contributed by atoms with E-state index in [1.54, 1.807) is 24.3 Å². The molecule has 2 aromatic carbocycles. The van der Waals surface area contributed by atoms with Gasteiger partial charge in [-0.3, -0.25) is 14.4 Å². The van der Waals surface area contributed by atoms with Crippen LogP contribution in [-0.2, 0) is 16.0 Å². The second-order valence-electron chi connectivity index (χ2n) is 6.13. The van der Waals surface area contributed by atoms with Gasteiger partial charge in [-0.15, -0.1) is 0 Å². The molecule has 0 bridgehead atoms. The van der Waals surface area contributed by atoms with Gasteiger partial charge in [-0.1, -0.05) is 48.5 Å². The molecule has 0 aliphatic heterocycles. The number of nitrogens with one attached hydrogen (secondary N) is 1. The number of hydrogen-bond donors (Lipinski definition) is 2. The van der Waals surface area contributed by atoms with E-state index in [4.69, 9.17) is 5.11 Å². The number of hydrogen-bond acceptors (Lipinski definition) is 3. The Hall–Kier alpha value is -2.95. The van der Waals surface area contributed by atoms with E-state index in [1.807, 2.05) is 36.4 Å². The lowest BCUT2D eigenvalue weighted by molar-refractivity contribution is -0.138. The number of carboxylic acids is 1. The van der Waals surface area contributed by atoms with E-state index < -0.39 is 12.0 Å². The number of carbonyl (C=O) groups is 3. The van der Waals surface area contributed by atoms with Gasteiger partial charge in [0.1, 0.15) is 0 Å². The highest BCUT2D eigenvalue weighted by molar-refractivity contribution is 5.98. The van der Waals surface area contributed by atoms with Crippen molar-refractivity contribution in [1.29, 1.82) is 0 Å². The first-order valence-electron chi connectivity index (χ1n) is 8.70. The number of ketones is 1. The van der Waals surface area contributed by atoms with Crippen LogP contribution in [-0.4, -0.2) is 28.8 Å². The van der Waals surface area contributed by atoms with Gasteiger partial charge in [-0.2, -0.15) is 0 Å². The maximum absolute atomic E-state index is 12.4. The third-order valence-corrected chi connectivity index (χ3v) is 4.12. The molecule has 0 heterocycles. The Labute approximate surface area is 153 Å². The SMILES string of the molecule is O=C(O)CCC(=O)[C@H](CCCc1ccccc1)NC(=O)c1ccccc1. The zero-order valence-corrected chi connectivity index (χ0v) is 14.6. The van der Waals surface area contributed by atoms with Gasteiger partial charge < -0.3 is 10.4 Å². The van der Waals surface area contributed by atoms with Gasteiger partial charge in [0.2, 0.25) is 0 Å². The van der Waals surface area contributed by atoms with Crippen molar-refractivity contribution in [2.24, 2.45) is 0 Å². The summed E-state index contributed by atoms with van der Waals surface area (Å²) in [6, 6.07) is 17.9. The molecule has 2 rings (SSSR count). The summed E-state index contributed by atoms with van der Waals surface area (Å²) in [7, 11) is 0. The van der Waals surface area contributed by atoms with Crippen LogP contribution in [0.15, 0.2) is 60.7 Å². The average molecular weight is 353 g/mol. The van der Waals surface area contributed by atoms with Crippen LogP contribution in [0, 0.1) is 0 Å². The second-order valence-corrected chi connectivity index (χ2v) is 6.13. The monoisotopic (exact) mass is 353 g/mol. The summed E-state index contributed by atoms with van der Waals surface area (Å²) < 4.78 is 0. The fraction of sp³-hybridized carbons (Fsp3) is 0.286. The Morgan fingerprint density at radius 2 is 1.50 bits per heavy atom. The number of carbonyl (C=O) groups excluding carboxylic acids is 2. The van der Waals surface area contributed by atoms with Crippen LogP contribution in [0.5, 0.6) is 0 Å². The number of aliphatic carboxylic acids is 1. The first kappa shape index (κ1) is 19.4. The largest absolute Gasteiger partial charge is 0.481 e. The zero-order chi connectivity index (χ0) is 18.8. The third kappa shape index (κ3) is 6.51. The highest BCUT2D eigenvalue weighted by atomic mass is 16.4. The number of rotatable bonds is 10. The molecule has 1 amide bonds. The van der Waals surface area contributed by atoms with Gasteiger partial charge in [0.15, 0.2) is 5.78 Å². The molecule has 0 saturated carbocycles. The predicted molar refractivity (Wildman–Crippen MR) is 99.0 cm³/mol. The smallest absolute Gasteiger partial charge is 0.303 e. The van der Waals surface area contributed by atoms with Crippen LogP contribution in [0.2, 0.25) is 0 Å². The van der Waals surface area contributed by atoms with Gasteiger partial charge in [0.05, 0.1) is 12.5 Å². The molecule has 0 aliphatic carbocycles. The predicted octanol–water partition coefficient (Wildman–Crippen LogP) is 3.24. The fourth-order valence-corrected chi connectivity index (χ4v) is 2.70. The molecule has 5 nitrogen and oxygen atoms in total. The lowest BCUT2D eigenvalue weighted by Gasteiger charge is -2.17. The molecule has 1 atom stereocenters. The number of aryl methyl sites for hydroxylation is 1. The summed E-state index contributed by atoms with van der Waals surface area (Å²) in [5, 5.41) is 11.6. The maximum Gasteiger partial charge on any atom is 0.303 e. The van der Waals surface area contributed by atoms with Crippen molar-refractivity contribution in [3.8, 4) is 0 Å². The van der Waals surface area contributed by atoms with Crippen LogP contribution in [0.4, 0.5) is 0 Å². The molecule has 26 heavy (non-hydrogen) atoms. The first-order valence-corrected chi connectivity index (χ1v) is 8.70. The molecule has 0 radical (unpaired) electrons. The highest BCUT2D eigenvalue weighted by Crippen LogP contribution is 2.10. The highest BCUT2D eigenvalue weighted by Gasteiger charge is 2.21. The normalized spacial score (nSPS) is 11.5. The summed E-state index contributed by atoms with van der Waals surface area (Å²) in [6.07, 6.45) is 1.69. The molecular weight excluding hydrogens is 330 g/mol. The standard InChI is InChI=1S/C21H23NO4/c23-19(14-15-20(24)25)18(13-7-10-16-8-3-1-4-9-16)22-21(26)17-11-5-2-6-12-17/h1-6,8-9,11-12,18H,7,10,13-15H2,(H,22,26)(H,24,25)/t18-/m0/s1. The third-order valence-electron chi connectivity index (χ3n) is 4.12. The lowest BCUT2D eigenvalue weighted by Crippen LogP contribution is -2.41. The van der Waals surface area contributed by atoms with Gasteiger partial charge in [0.25, 0.3) is 5.91 Å². The molecular formula is C21H23NO4. The van der Waals surface area contributed by atoms with Crippen molar-refractivity contribution < 1.29 is 19.5 Å². The molecule has 2 N–H and O–H groups in total. The number of amides is 1. The van der Waals surface area contributed by atoms with E-state index in [2.05, 4.69) is 5.32 Å². The Bertz CT molecular complexity index is 728. The van der Waals surface area contributed by atoms with Crippen molar-refractivity contribution >= 4 is 17.7 Å². The molecule has 136 valence electrons. The Morgan fingerprint density at radius 1 is 0.885 bits per heavy atom. The molecule has 0 spiro atoms. The minimum Gasteiger partial charge on any atom is -0.481 e. The Morgan fingerprint density at radius 3 is 2.12 bits per heavy atom. The van der Waals surface area contributed by atoms with Crippen LogP contribution in [0.25, 0.3) is 0 Å². The number of benzene rings is 2. The van der Waals surface area contributed by atoms with Gasteiger partial charge in [-0.25, -0.2) is 0 Å². The van der Waals surface area contributed by atoms with E-state index >= 15 is 0 Å². The minimum absolute atomic E-state index is 0.0829. The molecule has 5 heteroatoms. The van der Waals surface area contributed by atoms with Crippen molar-refractivity contribution in [2.45, 2.75) is 38.1 Å². The summed E-state index contributed by atoms with van der Waals surface area (Å²) in [5.41, 5.74) is 1.64. The summed E-state index contributed by atoms with van der Waals surface area (Å²) in [6.45, 7) is 0. The fourth-order valence-electron chi connectivity index (χ4n) is 2.70. The van der Waals surface area contributed by atoms with Crippen LogP contribution in [0.3, 0.4) is 0 Å². The van der Waals surface area contributed by atoms with Crippen LogP contribution < -0.4 is 5.32 Å². The minimum atomic E-state index is -1.02. The quantitative estimate of drug-likeness (QED) is 0.687. The number of carboxylic acid groups (broad SMARTS) is 1. The molecule has 2 aromatic rings. The molecule has 0 fully saturated rings. The van der Waals surface area contributed by atoms with Crippen molar-refractivity contribution in [3.05, 3.63) is 71.8 Å². The summed E-state index contributed by atoms with van der Waals surface area (Å²) in [4.78, 5) is 35.5. The van der Waals surface area contributed by atoms with E-state index in [0.717, 1.165) is 12.8 Å².